The van der Waals surface area contributed by atoms with Gasteiger partial charge in [0.2, 0.25) is 0 Å². The van der Waals surface area contributed by atoms with E-state index in [9.17, 15) is 52.7 Å². The van der Waals surface area contributed by atoms with Crippen molar-refractivity contribution in [3.8, 4) is 0 Å². The monoisotopic (exact) mass is 332 g/mol. The first-order chi connectivity index (χ1) is 8.53. The largest absolute Gasteiger partial charge is 0.542 e. The molecule has 0 saturated carbocycles. The summed E-state index contributed by atoms with van der Waals surface area (Å²) in [5.41, 5.74) is 0. The molecule has 0 bridgehead atoms. The molecule has 14 heteroatoms. The maximum Gasteiger partial charge on any atom is 0.542 e. The summed E-state index contributed by atoms with van der Waals surface area (Å²) in [6, 6.07) is -3.51. The summed E-state index contributed by atoms with van der Waals surface area (Å²) in [7, 11) is 0. The van der Waals surface area contributed by atoms with E-state index in [-0.39, 0.29) is 0 Å². The third-order valence-electron chi connectivity index (χ3n) is 1.33. The lowest BCUT2D eigenvalue weighted by atomic mass is 10.3. The lowest BCUT2D eigenvalue weighted by Crippen LogP contribution is -2.55. The fraction of sp³-hybridized carbons (Fsp3) is 0.667. The molecular formula is C6F12O2. The maximum absolute atomic E-state index is 12.3. The lowest BCUT2D eigenvalue weighted by molar-refractivity contribution is -0.515. The Bertz CT molecular complexity index is 378. The van der Waals surface area contributed by atoms with Crippen LogP contribution in [-0.4, -0.2) is 24.5 Å². The van der Waals surface area contributed by atoms with Gasteiger partial charge in [-0.05, 0) is 0 Å². The highest BCUT2D eigenvalue weighted by Crippen LogP contribution is 2.49. The van der Waals surface area contributed by atoms with Crippen LogP contribution in [0.1, 0.15) is 0 Å². The average Bonchev–Trinajstić information content (AvgIpc) is 2.12. The molecule has 0 aromatic rings. The van der Waals surface area contributed by atoms with Crippen LogP contribution in [0.5, 0.6) is 0 Å². The van der Waals surface area contributed by atoms with Crippen LogP contribution in [0.15, 0.2) is 12.1 Å². The van der Waals surface area contributed by atoms with Crippen LogP contribution in [0, 0.1) is 0 Å². The SMILES string of the molecule is FC(F)=C(F)OC(F)(F)OC(F)(F)C(F)(F)C(F)(F)F. The predicted octanol–water partition coefficient (Wildman–Crippen LogP) is 4.40. The Morgan fingerprint density at radius 1 is 0.700 bits per heavy atom. The van der Waals surface area contributed by atoms with E-state index in [4.69, 9.17) is 0 Å². The number of alkyl halides is 9. The van der Waals surface area contributed by atoms with Crippen molar-refractivity contribution < 1.29 is 62.2 Å². The number of rotatable bonds is 5. The van der Waals surface area contributed by atoms with E-state index in [2.05, 4.69) is 4.74 Å². The summed E-state index contributed by atoms with van der Waals surface area (Å²) in [5.74, 6) is -7.12. The Labute approximate surface area is 100 Å². The van der Waals surface area contributed by atoms with Crippen molar-refractivity contribution in [3.63, 3.8) is 0 Å². The first-order valence-electron chi connectivity index (χ1n) is 3.83. The average molecular weight is 332 g/mol. The minimum absolute atomic E-state index is 1.67. The summed E-state index contributed by atoms with van der Waals surface area (Å²) < 4.78 is 146. The molecule has 0 aliphatic heterocycles. The second-order valence-corrected chi connectivity index (χ2v) is 2.79. The van der Waals surface area contributed by atoms with Gasteiger partial charge < -0.3 is 4.74 Å². The van der Waals surface area contributed by atoms with E-state index in [0.717, 1.165) is 0 Å². The molecule has 0 aromatic heterocycles. The molecule has 0 amide bonds. The molecule has 0 fully saturated rings. The van der Waals surface area contributed by atoms with Gasteiger partial charge in [-0.2, -0.15) is 43.9 Å². The number of hydrogen-bond donors (Lipinski definition) is 0. The smallest absolute Gasteiger partial charge is 0.378 e. The highest BCUT2D eigenvalue weighted by atomic mass is 19.4. The molecule has 0 aliphatic rings. The minimum atomic E-state index is -7.12. The molecule has 120 valence electrons. The van der Waals surface area contributed by atoms with Crippen LogP contribution < -0.4 is 0 Å². The summed E-state index contributed by atoms with van der Waals surface area (Å²) >= 11 is 0. The van der Waals surface area contributed by atoms with E-state index < -0.39 is 36.6 Å². The van der Waals surface area contributed by atoms with Gasteiger partial charge >= 0.3 is 36.6 Å². The van der Waals surface area contributed by atoms with E-state index in [1.54, 1.807) is 4.74 Å². The Morgan fingerprint density at radius 3 is 1.40 bits per heavy atom. The Balaban J connectivity index is 5.24. The predicted molar refractivity (Wildman–Crippen MR) is 33.4 cm³/mol. The molecule has 0 rings (SSSR count). The second-order valence-electron chi connectivity index (χ2n) is 2.79. The molecule has 0 heterocycles. The number of hydrogen-bond acceptors (Lipinski definition) is 2. The van der Waals surface area contributed by atoms with Gasteiger partial charge in [-0.3, -0.25) is 0 Å². The first kappa shape index (κ1) is 18.7. The van der Waals surface area contributed by atoms with Crippen molar-refractivity contribution in [2.75, 3.05) is 0 Å². The van der Waals surface area contributed by atoms with E-state index in [1.165, 1.54) is 0 Å². The van der Waals surface area contributed by atoms with Gasteiger partial charge in [-0.1, -0.05) is 0 Å². The van der Waals surface area contributed by atoms with Crippen molar-refractivity contribution in [1.82, 2.24) is 0 Å². The molecule has 0 N–H and O–H groups in total. The highest BCUT2D eigenvalue weighted by Gasteiger charge is 2.77. The first-order valence-corrected chi connectivity index (χ1v) is 3.83. The van der Waals surface area contributed by atoms with Gasteiger partial charge in [0, 0.05) is 0 Å². The van der Waals surface area contributed by atoms with Crippen LogP contribution in [0.2, 0.25) is 0 Å². The molecule has 20 heavy (non-hydrogen) atoms. The van der Waals surface area contributed by atoms with Crippen LogP contribution in [-0.2, 0) is 9.47 Å². The van der Waals surface area contributed by atoms with Gasteiger partial charge in [0.15, 0.2) is 0 Å². The van der Waals surface area contributed by atoms with Crippen LogP contribution in [0.25, 0.3) is 0 Å². The summed E-state index contributed by atoms with van der Waals surface area (Å²) in [4.78, 5) is 0. The van der Waals surface area contributed by atoms with Gasteiger partial charge in [0.05, 0.1) is 0 Å². The normalized spacial score (nSPS) is 14.2. The van der Waals surface area contributed by atoms with Gasteiger partial charge in [-0.25, -0.2) is 4.74 Å². The van der Waals surface area contributed by atoms with Crippen LogP contribution in [0.3, 0.4) is 0 Å². The molecular weight excluding hydrogens is 332 g/mol. The standard InChI is InChI=1S/C6F12O2/c7-1(8)2(9)19-6(17,18)20-5(15,16)3(10,11)4(12,13)14. The topological polar surface area (TPSA) is 18.5 Å². The summed E-state index contributed by atoms with van der Waals surface area (Å²) in [5, 5.41) is 0. The minimum Gasteiger partial charge on any atom is -0.378 e. The van der Waals surface area contributed by atoms with Crippen molar-refractivity contribution in [2.24, 2.45) is 0 Å². The second kappa shape index (κ2) is 5.21. The van der Waals surface area contributed by atoms with E-state index >= 15 is 0 Å². The number of halogens is 12. The van der Waals surface area contributed by atoms with Gasteiger partial charge in [-0.15, -0.1) is 8.78 Å². The van der Waals surface area contributed by atoms with E-state index in [0.29, 0.717) is 0 Å². The molecule has 0 aromatic carbocycles. The molecule has 0 unspecified atom stereocenters. The fourth-order valence-electron chi connectivity index (χ4n) is 0.542. The van der Waals surface area contributed by atoms with Crippen molar-refractivity contribution >= 4 is 0 Å². The lowest BCUT2D eigenvalue weighted by Gasteiger charge is -2.29. The molecule has 0 spiro atoms. The molecule has 0 radical (unpaired) electrons. The summed E-state index contributed by atoms with van der Waals surface area (Å²) in [6.45, 7) is 0. The molecule has 0 aliphatic carbocycles. The molecule has 0 atom stereocenters. The van der Waals surface area contributed by atoms with E-state index in [1.807, 2.05) is 0 Å². The number of ether oxygens (including phenoxy) is 2. The Morgan fingerprint density at radius 2 is 1.10 bits per heavy atom. The maximum atomic E-state index is 12.3. The zero-order chi connectivity index (χ0) is 16.6. The van der Waals surface area contributed by atoms with Crippen molar-refractivity contribution in [3.05, 3.63) is 12.1 Å². The van der Waals surface area contributed by atoms with Gasteiger partial charge in [0.1, 0.15) is 0 Å². The zero-order valence-electron chi connectivity index (χ0n) is 8.35. The van der Waals surface area contributed by atoms with Crippen molar-refractivity contribution in [2.45, 2.75) is 24.5 Å². The van der Waals surface area contributed by atoms with Gasteiger partial charge in [0.25, 0.3) is 0 Å². The zero-order valence-corrected chi connectivity index (χ0v) is 8.35. The Hall–Kier alpha value is -1.34. The van der Waals surface area contributed by atoms with Crippen LogP contribution >= 0.6 is 0 Å². The molecule has 0 saturated heterocycles. The third-order valence-corrected chi connectivity index (χ3v) is 1.33. The third kappa shape index (κ3) is 4.08. The Kier molecular flexibility index (Phi) is 4.86. The highest BCUT2D eigenvalue weighted by molar-refractivity contribution is 4.86. The molecule has 2 nitrogen and oxygen atoms in total. The van der Waals surface area contributed by atoms with Crippen molar-refractivity contribution in [1.29, 1.82) is 0 Å². The quantitative estimate of drug-likeness (QED) is 0.422. The fourth-order valence-corrected chi connectivity index (χ4v) is 0.542. The van der Waals surface area contributed by atoms with Crippen LogP contribution in [0.4, 0.5) is 52.7 Å². The summed E-state index contributed by atoms with van der Waals surface area (Å²) in [6.07, 6.45) is -23.8.